The number of hydrogen-bond acceptors (Lipinski definition) is 3. The maximum absolute atomic E-state index is 6.06. The minimum absolute atomic E-state index is 0.446. The van der Waals surface area contributed by atoms with Crippen molar-refractivity contribution < 1.29 is 4.74 Å². The number of anilines is 1. The van der Waals surface area contributed by atoms with Gasteiger partial charge in [0.15, 0.2) is 0 Å². The van der Waals surface area contributed by atoms with Gasteiger partial charge in [0, 0.05) is 23.3 Å². The van der Waals surface area contributed by atoms with E-state index in [1.807, 2.05) is 18.2 Å². The van der Waals surface area contributed by atoms with Crippen molar-refractivity contribution in [2.45, 2.75) is 45.7 Å². The molecule has 1 atom stereocenters. The van der Waals surface area contributed by atoms with Crippen LogP contribution in [0, 0.1) is 0 Å². The number of nitrogen functional groups attached to an aromatic ring is 1. The Hall–Kier alpha value is -1.22. The van der Waals surface area contributed by atoms with E-state index in [1.165, 1.54) is 12.0 Å². The molecule has 2 N–H and O–H groups in total. The van der Waals surface area contributed by atoms with Gasteiger partial charge in [-0.1, -0.05) is 13.0 Å². The largest absolute Gasteiger partial charge is 0.492 e. The zero-order valence-electron chi connectivity index (χ0n) is 11.6. The van der Waals surface area contributed by atoms with E-state index in [-0.39, 0.29) is 0 Å². The standard InChI is InChI=1S/C15H24N2O/c1-4-8-17(11(2)3)12-9-13-14(16)6-5-7-15(13)18-10-12/h5-7,11-12H,4,8-10,16H2,1-3H3. The van der Waals surface area contributed by atoms with E-state index in [0.29, 0.717) is 12.1 Å². The van der Waals surface area contributed by atoms with Crippen molar-refractivity contribution in [2.24, 2.45) is 0 Å². The summed E-state index contributed by atoms with van der Waals surface area (Å²) < 4.78 is 5.87. The molecule has 1 heterocycles. The number of ether oxygens (including phenoxy) is 1. The molecule has 0 aromatic heterocycles. The molecule has 0 bridgehead atoms. The van der Waals surface area contributed by atoms with Crippen LogP contribution >= 0.6 is 0 Å². The average Bonchev–Trinajstić information content (AvgIpc) is 2.36. The summed E-state index contributed by atoms with van der Waals surface area (Å²) in [5, 5.41) is 0. The summed E-state index contributed by atoms with van der Waals surface area (Å²) in [6.07, 6.45) is 2.17. The van der Waals surface area contributed by atoms with Gasteiger partial charge < -0.3 is 10.5 Å². The van der Waals surface area contributed by atoms with Gasteiger partial charge in [-0.05, 0) is 45.4 Å². The van der Waals surface area contributed by atoms with E-state index >= 15 is 0 Å². The van der Waals surface area contributed by atoms with Gasteiger partial charge in [0.2, 0.25) is 0 Å². The molecule has 2 rings (SSSR count). The zero-order chi connectivity index (χ0) is 13.1. The number of nitrogens with two attached hydrogens (primary N) is 1. The Morgan fingerprint density at radius 2 is 2.22 bits per heavy atom. The lowest BCUT2D eigenvalue weighted by molar-refractivity contribution is 0.0928. The summed E-state index contributed by atoms with van der Waals surface area (Å²) in [6, 6.07) is 6.93. The molecule has 1 unspecified atom stereocenters. The maximum atomic E-state index is 6.06. The molecule has 1 aliphatic rings. The summed E-state index contributed by atoms with van der Waals surface area (Å²) in [4.78, 5) is 2.52. The number of nitrogens with zero attached hydrogens (tertiary/aromatic N) is 1. The fraction of sp³-hybridized carbons (Fsp3) is 0.600. The van der Waals surface area contributed by atoms with Crippen molar-refractivity contribution in [3.8, 4) is 5.75 Å². The first-order valence-corrected chi connectivity index (χ1v) is 6.89. The third kappa shape index (κ3) is 2.61. The smallest absolute Gasteiger partial charge is 0.124 e. The van der Waals surface area contributed by atoms with Gasteiger partial charge in [0.25, 0.3) is 0 Å². The van der Waals surface area contributed by atoms with Crippen LogP contribution in [0.2, 0.25) is 0 Å². The Balaban J connectivity index is 2.17. The summed E-state index contributed by atoms with van der Waals surface area (Å²) in [6.45, 7) is 8.61. The van der Waals surface area contributed by atoms with E-state index in [4.69, 9.17) is 10.5 Å². The minimum Gasteiger partial charge on any atom is -0.492 e. The molecule has 100 valence electrons. The number of rotatable bonds is 4. The lowest BCUT2D eigenvalue weighted by Crippen LogP contribution is -2.47. The van der Waals surface area contributed by atoms with Gasteiger partial charge >= 0.3 is 0 Å². The van der Waals surface area contributed by atoms with Gasteiger partial charge in [-0.25, -0.2) is 0 Å². The van der Waals surface area contributed by atoms with Gasteiger partial charge in [-0.2, -0.15) is 0 Å². The molecule has 0 fully saturated rings. The van der Waals surface area contributed by atoms with E-state index in [1.54, 1.807) is 0 Å². The van der Waals surface area contributed by atoms with Gasteiger partial charge in [0.05, 0.1) is 0 Å². The van der Waals surface area contributed by atoms with Crippen LogP contribution in [-0.2, 0) is 6.42 Å². The molecule has 0 aliphatic carbocycles. The normalized spacial score (nSPS) is 18.8. The van der Waals surface area contributed by atoms with Crippen LogP contribution in [0.3, 0.4) is 0 Å². The molecule has 3 nitrogen and oxygen atoms in total. The highest BCUT2D eigenvalue weighted by atomic mass is 16.5. The quantitative estimate of drug-likeness (QED) is 0.833. The highest BCUT2D eigenvalue weighted by molar-refractivity contribution is 5.55. The first-order chi connectivity index (χ1) is 8.63. The third-order valence-electron chi connectivity index (χ3n) is 3.65. The van der Waals surface area contributed by atoms with Crippen LogP contribution in [0.4, 0.5) is 5.69 Å². The summed E-state index contributed by atoms with van der Waals surface area (Å²) in [5.74, 6) is 0.964. The number of benzene rings is 1. The fourth-order valence-electron chi connectivity index (χ4n) is 2.75. The molecule has 1 aliphatic heterocycles. The lowest BCUT2D eigenvalue weighted by atomic mass is 9.98. The molecule has 3 heteroatoms. The Bertz CT molecular complexity index is 403. The second-order valence-electron chi connectivity index (χ2n) is 5.32. The fourth-order valence-corrected chi connectivity index (χ4v) is 2.75. The van der Waals surface area contributed by atoms with Crippen LogP contribution < -0.4 is 10.5 Å². The Morgan fingerprint density at radius 1 is 1.44 bits per heavy atom. The molecule has 0 amide bonds. The summed E-state index contributed by atoms with van der Waals surface area (Å²) in [5.41, 5.74) is 8.09. The SMILES string of the molecule is CCCN(C(C)C)C1COc2cccc(N)c2C1. The third-order valence-corrected chi connectivity index (χ3v) is 3.65. The van der Waals surface area contributed by atoms with Gasteiger partial charge in [0.1, 0.15) is 12.4 Å². The van der Waals surface area contributed by atoms with Crippen LogP contribution in [-0.4, -0.2) is 30.1 Å². The molecule has 0 saturated carbocycles. The van der Waals surface area contributed by atoms with E-state index in [0.717, 1.165) is 31.0 Å². The Morgan fingerprint density at radius 3 is 2.89 bits per heavy atom. The van der Waals surface area contributed by atoms with Crippen molar-refractivity contribution in [2.75, 3.05) is 18.9 Å². The predicted molar refractivity (Wildman–Crippen MR) is 76.0 cm³/mol. The van der Waals surface area contributed by atoms with Crippen molar-refractivity contribution in [1.29, 1.82) is 0 Å². The summed E-state index contributed by atoms with van der Waals surface area (Å²) in [7, 11) is 0. The first-order valence-electron chi connectivity index (χ1n) is 6.89. The van der Waals surface area contributed by atoms with Crippen LogP contribution in [0.5, 0.6) is 5.75 Å². The van der Waals surface area contributed by atoms with Crippen molar-refractivity contribution in [3.63, 3.8) is 0 Å². The van der Waals surface area contributed by atoms with Crippen molar-refractivity contribution in [1.82, 2.24) is 4.90 Å². The Kier molecular flexibility index (Phi) is 4.12. The van der Waals surface area contributed by atoms with Crippen LogP contribution in [0.25, 0.3) is 0 Å². The molecular weight excluding hydrogens is 224 g/mol. The van der Waals surface area contributed by atoms with E-state index < -0.39 is 0 Å². The Labute approximate surface area is 110 Å². The molecule has 1 aromatic rings. The van der Waals surface area contributed by atoms with Gasteiger partial charge in [-0.15, -0.1) is 0 Å². The van der Waals surface area contributed by atoms with Crippen molar-refractivity contribution >= 4 is 5.69 Å². The summed E-state index contributed by atoms with van der Waals surface area (Å²) >= 11 is 0. The van der Waals surface area contributed by atoms with Crippen LogP contribution in [0.15, 0.2) is 18.2 Å². The van der Waals surface area contributed by atoms with Gasteiger partial charge in [-0.3, -0.25) is 4.90 Å². The molecule has 0 radical (unpaired) electrons. The van der Waals surface area contributed by atoms with Crippen LogP contribution in [0.1, 0.15) is 32.8 Å². The predicted octanol–water partition coefficient (Wildman–Crippen LogP) is 2.69. The number of hydrogen-bond donors (Lipinski definition) is 1. The monoisotopic (exact) mass is 248 g/mol. The lowest BCUT2D eigenvalue weighted by Gasteiger charge is -2.37. The molecule has 18 heavy (non-hydrogen) atoms. The van der Waals surface area contributed by atoms with E-state index in [9.17, 15) is 0 Å². The second-order valence-corrected chi connectivity index (χ2v) is 5.32. The van der Waals surface area contributed by atoms with E-state index in [2.05, 4.69) is 25.7 Å². The first kappa shape index (κ1) is 13.2. The highest BCUT2D eigenvalue weighted by Crippen LogP contribution is 2.31. The molecule has 1 aromatic carbocycles. The molecule has 0 spiro atoms. The second kappa shape index (κ2) is 5.61. The van der Waals surface area contributed by atoms with Crippen molar-refractivity contribution in [3.05, 3.63) is 23.8 Å². The number of fused-ring (bicyclic) bond motifs is 1. The zero-order valence-corrected chi connectivity index (χ0v) is 11.6. The molecule has 0 saturated heterocycles. The average molecular weight is 248 g/mol. The topological polar surface area (TPSA) is 38.5 Å². The highest BCUT2D eigenvalue weighted by Gasteiger charge is 2.27. The molecular formula is C15H24N2O. The minimum atomic E-state index is 0.446. The maximum Gasteiger partial charge on any atom is 0.124 e.